The third kappa shape index (κ3) is 4.32. The lowest BCUT2D eigenvalue weighted by Crippen LogP contribution is -2.34. The van der Waals surface area contributed by atoms with Gasteiger partial charge in [-0.05, 0) is 30.3 Å². The van der Waals surface area contributed by atoms with Crippen LogP contribution in [0, 0.1) is 11.3 Å². The third-order valence-electron chi connectivity index (χ3n) is 4.48. The van der Waals surface area contributed by atoms with E-state index >= 15 is 0 Å². The highest BCUT2D eigenvalue weighted by atomic mass is 35.5. The quantitative estimate of drug-likeness (QED) is 0.510. The van der Waals surface area contributed by atoms with Crippen molar-refractivity contribution in [1.82, 2.24) is 4.98 Å². The number of sulfonamides is 1. The van der Waals surface area contributed by atoms with Gasteiger partial charge in [-0.15, -0.1) is 11.3 Å². The summed E-state index contributed by atoms with van der Waals surface area (Å²) in [6.07, 6.45) is -3.04. The summed E-state index contributed by atoms with van der Waals surface area (Å²) in [5.74, 6) is 0.197. The van der Waals surface area contributed by atoms with Gasteiger partial charge in [0.1, 0.15) is 11.8 Å². The van der Waals surface area contributed by atoms with Gasteiger partial charge in [-0.25, -0.2) is 13.4 Å². The van der Waals surface area contributed by atoms with E-state index in [1.54, 1.807) is 22.5 Å². The highest BCUT2D eigenvalue weighted by Crippen LogP contribution is 2.41. The van der Waals surface area contributed by atoms with E-state index < -0.39 is 32.9 Å². The fraction of sp³-hybridized carbons (Fsp3) is 0.158. The molecular formula is C19H12ClF3N4O3S2. The molecule has 0 bridgehead atoms. The lowest BCUT2D eigenvalue weighted by atomic mass is 10.1. The normalized spacial score (nSPS) is 16.1. The summed E-state index contributed by atoms with van der Waals surface area (Å²) >= 11 is 7.54. The topological polar surface area (TPSA) is 95.3 Å². The Bertz CT molecular complexity index is 1310. The largest absolute Gasteiger partial charge is 0.471 e. The Morgan fingerprint density at radius 2 is 2.06 bits per heavy atom. The number of nitrogens with zero attached hydrogens (tertiary/aromatic N) is 3. The fourth-order valence-corrected chi connectivity index (χ4v) is 5.03. The van der Waals surface area contributed by atoms with Gasteiger partial charge in [0.25, 0.3) is 10.0 Å². The van der Waals surface area contributed by atoms with E-state index in [0.29, 0.717) is 29.5 Å². The number of fused-ring (bicyclic) bond motifs is 1. The van der Waals surface area contributed by atoms with Gasteiger partial charge >= 0.3 is 6.18 Å². The summed E-state index contributed by atoms with van der Waals surface area (Å²) in [4.78, 5) is 5.80. The van der Waals surface area contributed by atoms with Crippen LogP contribution in [0.3, 0.4) is 0 Å². The molecule has 0 saturated carbocycles. The van der Waals surface area contributed by atoms with Gasteiger partial charge in [0.2, 0.25) is 0 Å². The van der Waals surface area contributed by atoms with E-state index in [2.05, 4.69) is 9.71 Å². The number of aromatic nitrogens is 1. The van der Waals surface area contributed by atoms with E-state index in [4.69, 9.17) is 16.3 Å². The highest BCUT2D eigenvalue weighted by molar-refractivity contribution is 7.92. The Hall–Kier alpha value is -3.01. The molecule has 1 aliphatic heterocycles. The van der Waals surface area contributed by atoms with Crippen molar-refractivity contribution in [3.63, 3.8) is 0 Å². The number of nitriles is 1. The molecule has 0 spiro atoms. The first-order valence-electron chi connectivity index (χ1n) is 8.84. The number of halogens is 4. The minimum Gasteiger partial charge on any atom is -0.471 e. The van der Waals surface area contributed by atoms with Crippen molar-refractivity contribution in [2.75, 3.05) is 16.2 Å². The minimum absolute atomic E-state index is 0.197. The first-order valence-corrected chi connectivity index (χ1v) is 11.6. The van der Waals surface area contributed by atoms with Crippen LogP contribution in [0.4, 0.5) is 29.7 Å². The summed E-state index contributed by atoms with van der Waals surface area (Å²) in [5, 5.41) is 11.6. The Balaban J connectivity index is 1.67. The Kier molecular flexibility index (Phi) is 5.66. The molecule has 0 amide bonds. The van der Waals surface area contributed by atoms with Crippen molar-refractivity contribution in [2.45, 2.75) is 16.6 Å². The number of anilines is 3. The van der Waals surface area contributed by atoms with Gasteiger partial charge in [-0.2, -0.15) is 18.4 Å². The maximum Gasteiger partial charge on any atom is 0.416 e. The molecular weight excluding hydrogens is 489 g/mol. The number of thiazole rings is 1. The molecule has 0 fully saturated rings. The van der Waals surface area contributed by atoms with Gasteiger partial charge < -0.3 is 9.64 Å². The molecule has 166 valence electrons. The molecule has 3 aromatic rings. The van der Waals surface area contributed by atoms with Crippen molar-refractivity contribution in [1.29, 1.82) is 5.26 Å². The van der Waals surface area contributed by atoms with E-state index in [1.165, 1.54) is 29.5 Å². The monoisotopic (exact) mass is 500 g/mol. The number of hydrogen-bond donors (Lipinski definition) is 1. The van der Waals surface area contributed by atoms with Crippen LogP contribution in [-0.2, 0) is 16.2 Å². The van der Waals surface area contributed by atoms with Gasteiger partial charge in [-0.1, -0.05) is 11.6 Å². The second-order valence-corrected chi connectivity index (χ2v) is 9.60. The number of ether oxygens (including phenoxy) is 1. The Morgan fingerprint density at radius 3 is 2.72 bits per heavy atom. The molecule has 1 aromatic heterocycles. The van der Waals surface area contributed by atoms with Gasteiger partial charge in [0, 0.05) is 17.6 Å². The van der Waals surface area contributed by atoms with Crippen LogP contribution < -0.4 is 14.4 Å². The van der Waals surface area contributed by atoms with E-state index in [0.717, 1.165) is 6.07 Å². The zero-order chi connectivity index (χ0) is 23.1. The van der Waals surface area contributed by atoms with Crippen LogP contribution >= 0.6 is 22.9 Å². The molecule has 1 aliphatic rings. The summed E-state index contributed by atoms with van der Waals surface area (Å²) in [7, 11) is -4.25. The van der Waals surface area contributed by atoms with Crippen molar-refractivity contribution in [3.8, 4) is 11.8 Å². The molecule has 0 radical (unpaired) electrons. The maximum atomic E-state index is 12.9. The van der Waals surface area contributed by atoms with Crippen LogP contribution in [0.1, 0.15) is 11.1 Å². The molecule has 13 heteroatoms. The molecule has 1 unspecified atom stereocenters. The van der Waals surface area contributed by atoms with Crippen molar-refractivity contribution in [2.24, 2.45) is 0 Å². The number of benzene rings is 2. The standard InChI is InChI=1S/C19H12ClF3N4O3S2/c20-17-10-27(18-25-5-6-31-18)15-4-2-13(8-16(15)30-17)32(28,29)26-14-3-1-12(19(21,22)23)7-11(14)9-24/h1-8,17,26H,10H2. The summed E-state index contributed by atoms with van der Waals surface area (Å²) < 4.78 is 72.1. The van der Waals surface area contributed by atoms with Gasteiger partial charge in [-0.3, -0.25) is 4.72 Å². The molecule has 4 rings (SSSR count). The third-order valence-corrected chi connectivity index (χ3v) is 6.86. The smallest absolute Gasteiger partial charge is 0.416 e. The lowest BCUT2D eigenvalue weighted by Gasteiger charge is -2.32. The van der Waals surface area contributed by atoms with E-state index in [9.17, 15) is 26.9 Å². The average molecular weight is 501 g/mol. The van der Waals surface area contributed by atoms with Crippen LogP contribution in [-0.4, -0.2) is 25.5 Å². The Labute approximate surface area is 189 Å². The molecule has 32 heavy (non-hydrogen) atoms. The molecule has 0 saturated heterocycles. The predicted molar refractivity (Wildman–Crippen MR) is 113 cm³/mol. The van der Waals surface area contributed by atoms with Crippen LogP contribution in [0.2, 0.25) is 0 Å². The Morgan fingerprint density at radius 1 is 1.28 bits per heavy atom. The van der Waals surface area contributed by atoms with E-state index in [1.807, 2.05) is 0 Å². The molecule has 0 aliphatic carbocycles. The molecule has 2 aromatic carbocycles. The van der Waals surface area contributed by atoms with Crippen LogP contribution in [0.25, 0.3) is 0 Å². The summed E-state index contributed by atoms with van der Waals surface area (Å²) in [6.45, 7) is 0.295. The van der Waals surface area contributed by atoms with E-state index in [-0.39, 0.29) is 16.3 Å². The average Bonchev–Trinajstić information content (AvgIpc) is 3.26. The van der Waals surface area contributed by atoms with Crippen molar-refractivity contribution < 1.29 is 26.3 Å². The second-order valence-electron chi connectivity index (χ2n) is 6.56. The molecule has 2 heterocycles. The number of rotatable bonds is 4. The van der Waals surface area contributed by atoms with Crippen LogP contribution in [0.15, 0.2) is 52.9 Å². The first-order chi connectivity index (χ1) is 15.1. The van der Waals surface area contributed by atoms with Gasteiger partial charge in [0.05, 0.1) is 33.9 Å². The van der Waals surface area contributed by atoms with Gasteiger partial charge in [0.15, 0.2) is 10.7 Å². The molecule has 1 atom stereocenters. The zero-order valence-electron chi connectivity index (χ0n) is 15.8. The molecule has 1 N–H and O–H groups in total. The number of nitrogens with one attached hydrogen (secondary N) is 1. The van der Waals surface area contributed by atoms with Crippen molar-refractivity contribution >= 4 is 49.5 Å². The summed E-state index contributed by atoms with van der Waals surface area (Å²) in [5.41, 5.74) is -2.01. The fourth-order valence-electron chi connectivity index (χ4n) is 3.03. The minimum atomic E-state index is -4.67. The second kappa shape index (κ2) is 8.16. The highest BCUT2D eigenvalue weighted by Gasteiger charge is 2.32. The molecule has 7 nitrogen and oxygen atoms in total. The zero-order valence-corrected chi connectivity index (χ0v) is 18.2. The SMILES string of the molecule is N#Cc1cc(C(F)(F)F)ccc1NS(=O)(=O)c1ccc2c(c1)OC(Cl)CN2c1nccs1. The number of hydrogen-bond acceptors (Lipinski definition) is 7. The maximum absolute atomic E-state index is 12.9. The lowest BCUT2D eigenvalue weighted by molar-refractivity contribution is -0.137. The number of alkyl halides is 4. The summed E-state index contributed by atoms with van der Waals surface area (Å²) in [6, 6.07) is 7.84. The van der Waals surface area contributed by atoms with Crippen LogP contribution in [0.5, 0.6) is 5.75 Å². The van der Waals surface area contributed by atoms with Crippen molar-refractivity contribution in [3.05, 3.63) is 59.1 Å². The first kappa shape index (κ1) is 22.2. The predicted octanol–water partition coefficient (Wildman–Crippen LogP) is 4.93.